The number of carbonyl (C=O) groups is 2. The quantitative estimate of drug-likeness (QED) is 0.803. The molecule has 7 nitrogen and oxygen atoms in total. The molecule has 1 aromatic carbocycles. The maximum absolute atomic E-state index is 12.1. The van der Waals surface area contributed by atoms with Crippen LogP contribution < -0.4 is 16.4 Å². The van der Waals surface area contributed by atoms with Gasteiger partial charge in [-0.05, 0) is 31.0 Å². The minimum atomic E-state index is -0.675. The number of amides is 3. The molecule has 1 heterocycles. The molecule has 21 heavy (non-hydrogen) atoms. The highest BCUT2D eigenvalue weighted by molar-refractivity contribution is 7.15. The molecule has 1 aliphatic carbocycles. The third kappa shape index (κ3) is 3.34. The molecule has 2 aromatic rings. The second-order valence-electron chi connectivity index (χ2n) is 4.74. The lowest BCUT2D eigenvalue weighted by Crippen LogP contribution is -2.19. The Morgan fingerprint density at radius 2 is 2.05 bits per heavy atom. The SMILES string of the molecule is NC(=O)Nc1cccc(C(=O)Nc2nnc(C3CC3)s2)c1. The first kappa shape index (κ1) is 13.5. The normalized spacial score (nSPS) is 13.7. The average molecular weight is 303 g/mol. The highest BCUT2D eigenvalue weighted by Crippen LogP contribution is 2.42. The number of hydrogen-bond donors (Lipinski definition) is 3. The first-order valence-corrected chi connectivity index (χ1v) is 7.25. The lowest BCUT2D eigenvalue weighted by molar-refractivity contribution is 0.102. The average Bonchev–Trinajstić information content (AvgIpc) is 3.19. The van der Waals surface area contributed by atoms with Gasteiger partial charge in [0.2, 0.25) is 5.13 Å². The van der Waals surface area contributed by atoms with Crippen LogP contribution >= 0.6 is 11.3 Å². The van der Waals surface area contributed by atoms with Crippen LogP contribution in [0.1, 0.15) is 34.1 Å². The lowest BCUT2D eigenvalue weighted by Gasteiger charge is -2.05. The highest BCUT2D eigenvalue weighted by atomic mass is 32.1. The second-order valence-corrected chi connectivity index (χ2v) is 5.75. The Morgan fingerprint density at radius 3 is 2.76 bits per heavy atom. The molecule has 3 amide bonds. The van der Waals surface area contributed by atoms with Crippen LogP contribution in [0, 0.1) is 0 Å². The third-order valence-electron chi connectivity index (χ3n) is 2.98. The van der Waals surface area contributed by atoms with Crippen molar-refractivity contribution >= 4 is 34.1 Å². The molecule has 108 valence electrons. The monoisotopic (exact) mass is 303 g/mol. The number of benzene rings is 1. The number of primary amides is 1. The predicted molar refractivity (Wildman–Crippen MR) is 79.5 cm³/mol. The second kappa shape index (κ2) is 5.49. The summed E-state index contributed by atoms with van der Waals surface area (Å²) in [5.74, 6) is 0.206. The van der Waals surface area contributed by atoms with E-state index in [-0.39, 0.29) is 5.91 Å². The Morgan fingerprint density at radius 1 is 1.24 bits per heavy atom. The zero-order valence-corrected chi connectivity index (χ0v) is 11.8. The predicted octanol–water partition coefficient (Wildman–Crippen LogP) is 2.16. The fraction of sp³-hybridized carbons (Fsp3) is 0.231. The minimum Gasteiger partial charge on any atom is -0.351 e. The maximum atomic E-state index is 12.1. The number of carbonyl (C=O) groups excluding carboxylic acids is 2. The van der Waals surface area contributed by atoms with Crippen molar-refractivity contribution in [3.8, 4) is 0 Å². The van der Waals surface area contributed by atoms with E-state index in [9.17, 15) is 9.59 Å². The van der Waals surface area contributed by atoms with Crippen molar-refractivity contribution in [2.24, 2.45) is 5.73 Å². The molecule has 0 spiro atoms. The molecule has 8 heteroatoms. The molecule has 0 aliphatic heterocycles. The zero-order chi connectivity index (χ0) is 14.8. The van der Waals surface area contributed by atoms with Crippen LogP contribution in [0.3, 0.4) is 0 Å². The van der Waals surface area contributed by atoms with E-state index >= 15 is 0 Å². The summed E-state index contributed by atoms with van der Waals surface area (Å²) in [4.78, 5) is 22.9. The molecule has 1 saturated carbocycles. The largest absolute Gasteiger partial charge is 0.351 e. The van der Waals surface area contributed by atoms with E-state index in [0.717, 1.165) is 17.8 Å². The van der Waals surface area contributed by atoms with Gasteiger partial charge in [0.15, 0.2) is 0 Å². The molecule has 0 saturated heterocycles. The van der Waals surface area contributed by atoms with Gasteiger partial charge < -0.3 is 11.1 Å². The van der Waals surface area contributed by atoms with Gasteiger partial charge in [0.1, 0.15) is 5.01 Å². The van der Waals surface area contributed by atoms with Gasteiger partial charge in [-0.3, -0.25) is 10.1 Å². The summed E-state index contributed by atoms with van der Waals surface area (Å²) in [6.45, 7) is 0. The molecule has 0 bridgehead atoms. The lowest BCUT2D eigenvalue weighted by atomic mass is 10.2. The highest BCUT2D eigenvalue weighted by Gasteiger charge is 2.27. The summed E-state index contributed by atoms with van der Waals surface area (Å²) in [6, 6.07) is 5.83. The number of urea groups is 1. The van der Waals surface area contributed by atoms with Crippen LogP contribution in [0.5, 0.6) is 0 Å². The number of nitrogens with zero attached hydrogens (tertiary/aromatic N) is 2. The van der Waals surface area contributed by atoms with Crippen LogP contribution in [0.4, 0.5) is 15.6 Å². The van der Waals surface area contributed by atoms with Gasteiger partial charge in [-0.1, -0.05) is 17.4 Å². The van der Waals surface area contributed by atoms with E-state index in [2.05, 4.69) is 20.8 Å². The van der Waals surface area contributed by atoms with Crippen LogP contribution in [0.25, 0.3) is 0 Å². The van der Waals surface area contributed by atoms with Gasteiger partial charge in [0, 0.05) is 17.2 Å². The molecule has 1 fully saturated rings. The zero-order valence-electron chi connectivity index (χ0n) is 11.0. The Balaban J connectivity index is 1.70. The number of nitrogens with one attached hydrogen (secondary N) is 2. The van der Waals surface area contributed by atoms with Gasteiger partial charge in [0.05, 0.1) is 0 Å². The van der Waals surface area contributed by atoms with E-state index in [4.69, 9.17) is 5.73 Å². The van der Waals surface area contributed by atoms with E-state index < -0.39 is 6.03 Å². The maximum Gasteiger partial charge on any atom is 0.316 e. The van der Waals surface area contributed by atoms with E-state index in [1.54, 1.807) is 24.3 Å². The first-order chi connectivity index (χ1) is 10.1. The van der Waals surface area contributed by atoms with Crippen molar-refractivity contribution in [3.63, 3.8) is 0 Å². The molecule has 0 atom stereocenters. The molecule has 0 radical (unpaired) electrons. The molecule has 1 aliphatic rings. The fourth-order valence-corrected chi connectivity index (χ4v) is 2.74. The van der Waals surface area contributed by atoms with Crippen molar-refractivity contribution in [1.29, 1.82) is 0 Å². The van der Waals surface area contributed by atoms with Crippen molar-refractivity contribution in [2.75, 3.05) is 10.6 Å². The van der Waals surface area contributed by atoms with Gasteiger partial charge in [-0.25, -0.2) is 4.79 Å². The van der Waals surface area contributed by atoms with Crippen molar-refractivity contribution in [2.45, 2.75) is 18.8 Å². The molecule has 1 aromatic heterocycles. The summed E-state index contributed by atoms with van der Waals surface area (Å²) in [5.41, 5.74) is 5.91. The van der Waals surface area contributed by atoms with Crippen LogP contribution in [-0.2, 0) is 0 Å². The topological polar surface area (TPSA) is 110 Å². The van der Waals surface area contributed by atoms with Gasteiger partial charge in [0.25, 0.3) is 5.91 Å². The van der Waals surface area contributed by atoms with Gasteiger partial charge in [-0.15, -0.1) is 10.2 Å². The molecular weight excluding hydrogens is 290 g/mol. The summed E-state index contributed by atoms with van der Waals surface area (Å²) in [6.07, 6.45) is 2.28. The Hall–Kier alpha value is -2.48. The number of rotatable bonds is 4. The Bertz CT molecular complexity index is 695. The van der Waals surface area contributed by atoms with E-state index in [0.29, 0.717) is 22.3 Å². The van der Waals surface area contributed by atoms with Crippen LogP contribution in [0.15, 0.2) is 24.3 Å². The number of aromatic nitrogens is 2. The number of anilines is 2. The van der Waals surface area contributed by atoms with Crippen LogP contribution in [-0.4, -0.2) is 22.1 Å². The molecule has 0 unspecified atom stereocenters. The van der Waals surface area contributed by atoms with Crippen molar-refractivity contribution in [3.05, 3.63) is 34.8 Å². The van der Waals surface area contributed by atoms with E-state index in [1.165, 1.54) is 11.3 Å². The van der Waals surface area contributed by atoms with Gasteiger partial charge in [-0.2, -0.15) is 0 Å². The number of nitrogens with two attached hydrogens (primary N) is 1. The Labute approximate surface area is 124 Å². The van der Waals surface area contributed by atoms with Gasteiger partial charge >= 0.3 is 6.03 Å². The summed E-state index contributed by atoms with van der Waals surface area (Å²) < 4.78 is 0. The van der Waals surface area contributed by atoms with Crippen LogP contribution in [0.2, 0.25) is 0 Å². The summed E-state index contributed by atoms with van der Waals surface area (Å²) in [7, 11) is 0. The first-order valence-electron chi connectivity index (χ1n) is 6.43. The Kier molecular flexibility index (Phi) is 3.53. The third-order valence-corrected chi connectivity index (χ3v) is 3.98. The van der Waals surface area contributed by atoms with E-state index in [1.807, 2.05) is 0 Å². The summed E-state index contributed by atoms with van der Waals surface area (Å²) >= 11 is 1.40. The number of hydrogen-bond acceptors (Lipinski definition) is 5. The summed E-state index contributed by atoms with van der Waals surface area (Å²) in [5, 5.41) is 14.6. The van der Waals surface area contributed by atoms with Crippen molar-refractivity contribution < 1.29 is 9.59 Å². The smallest absolute Gasteiger partial charge is 0.316 e. The fourth-order valence-electron chi connectivity index (χ4n) is 1.83. The molecule has 4 N–H and O–H groups in total. The molecular formula is C13H13N5O2S. The standard InChI is InChI=1S/C13H13N5O2S/c14-12(20)15-9-3-1-2-8(6-9)10(19)16-13-18-17-11(21-13)7-4-5-7/h1-3,6-7H,4-5H2,(H3,14,15,20)(H,16,18,19). The van der Waals surface area contributed by atoms with Crippen molar-refractivity contribution in [1.82, 2.24) is 10.2 Å². The minimum absolute atomic E-state index is 0.304. The molecule has 3 rings (SSSR count).